The Kier molecular flexibility index (Phi) is 4.64. The average Bonchev–Trinajstić information content (AvgIpc) is 3.21. The summed E-state index contributed by atoms with van der Waals surface area (Å²) in [7, 11) is 0. The predicted molar refractivity (Wildman–Crippen MR) is 72.1 cm³/mol. The van der Waals surface area contributed by atoms with Crippen molar-refractivity contribution in [3.63, 3.8) is 0 Å². The maximum Gasteiger partial charge on any atom is 0.133 e. The summed E-state index contributed by atoms with van der Waals surface area (Å²) in [5.41, 5.74) is -0.425. The fraction of sp³-hybridized carbons (Fsp3) is 0.933. The van der Waals surface area contributed by atoms with E-state index in [9.17, 15) is 5.26 Å². The van der Waals surface area contributed by atoms with Crippen LogP contribution in [0.5, 0.6) is 0 Å². The average molecular weight is 250 g/mol. The Bertz CT molecular complexity index is 308. The van der Waals surface area contributed by atoms with E-state index in [-0.39, 0.29) is 0 Å². The summed E-state index contributed by atoms with van der Waals surface area (Å²) in [4.78, 5) is 0. The fourth-order valence-corrected chi connectivity index (χ4v) is 3.14. The van der Waals surface area contributed by atoms with E-state index < -0.39 is 5.54 Å². The van der Waals surface area contributed by atoms with E-state index in [1.165, 1.54) is 38.5 Å². The Hall–Kier alpha value is -0.590. The summed E-state index contributed by atoms with van der Waals surface area (Å²) in [6.07, 6.45) is 7.76. The molecule has 3 heteroatoms. The Labute approximate surface area is 111 Å². The van der Waals surface area contributed by atoms with Crippen LogP contribution in [0.1, 0.15) is 52.4 Å². The van der Waals surface area contributed by atoms with Crippen molar-refractivity contribution in [1.82, 2.24) is 5.32 Å². The van der Waals surface area contributed by atoms with Gasteiger partial charge in [-0.15, -0.1) is 0 Å². The van der Waals surface area contributed by atoms with Crippen LogP contribution in [0, 0.1) is 23.2 Å². The Morgan fingerprint density at radius 2 is 2.00 bits per heavy atom. The van der Waals surface area contributed by atoms with E-state index in [4.69, 9.17) is 4.74 Å². The molecule has 0 saturated heterocycles. The fourth-order valence-electron chi connectivity index (χ4n) is 3.14. The number of nitriles is 1. The van der Waals surface area contributed by atoms with Gasteiger partial charge in [0.25, 0.3) is 0 Å². The second-order valence-corrected chi connectivity index (χ2v) is 6.00. The summed E-state index contributed by atoms with van der Waals surface area (Å²) in [6.45, 7) is 5.75. The first kappa shape index (κ1) is 13.8. The van der Waals surface area contributed by atoms with E-state index in [0.29, 0.717) is 24.5 Å². The van der Waals surface area contributed by atoms with E-state index in [1.54, 1.807) is 0 Å². The van der Waals surface area contributed by atoms with Crippen molar-refractivity contribution in [1.29, 1.82) is 5.26 Å². The van der Waals surface area contributed by atoms with Gasteiger partial charge >= 0.3 is 0 Å². The molecule has 0 aromatic heterocycles. The maximum atomic E-state index is 9.52. The maximum absolute atomic E-state index is 9.52. The first-order chi connectivity index (χ1) is 8.72. The first-order valence-corrected chi connectivity index (χ1v) is 7.49. The largest absolute Gasteiger partial charge is 0.375 e. The van der Waals surface area contributed by atoms with Gasteiger partial charge in [-0.2, -0.15) is 5.26 Å². The molecule has 3 nitrogen and oxygen atoms in total. The van der Waals surface area contributed by atoms with Crippen molar-refractivity contribution in [2.45, 2.75) is 64.0 Å². The van der Waals surface area contributed by atoms with Gasteiger partial charge in [-0.3, -0.25) is 5.32 Å². The lowest BCUT2D eigenvalue weighted by molar-refractivity contribution is -0.0287. The molecule has 2 fully saturated rings. The van der Waals surface area contributed by atoms with Crippen LogP contribution in [0.25, 0.3) is 0 Å². The highest BCUT2D eigenvalue weighted by atomic mass is 16.5. The van der Waals surface area contributed by atoms with Crippen LogP contribution in [-0.2, 0) is 4.74 Å². The van der Waals surface area contributed by atoms with Crippen molar-refractivity contribution in [2.24, 2.45) is 11.8 Å². The third-order valence-electron chi connectivity index (χ3n) is 4.52. The highest BCUT2D eigenvalue weighted by Crippen LogP contribution is 2.40. The van der Waals surface area contributed by atoms with Crippen molar-refractivity contribution < 1.29 is 4.74 Å². The lowest BCUT2D eigenvalue weighted by atomic mass is 9.87. The SMILES string of the molecule is CCNC(C#N)(COC1CCCCC1C)C1CC1. The molecule has 102 valence electrons. The molecule has 3 atom stereocenters. The zero-order chi connectivity index (χ0) is 13.0. The lowest BCUT2D eigenvalue weighted by Gasteiger charge is -2.33. The minimum Gasteiger partial charge on any atom is -0.375 e. The molecule has 2 saturated carbocycles. The number of ether oxygens (including phenoxy) is 1. The molecule has 18 heavy (non-hydrogen) atoms. The van der Waals surface area contributed by atoms with Gasteiger partial charge in [-0.1, -0.05) is 26.7 Å². The van der Waals surface area contributed by atoms with Gasteiger partial charge in [0.05, 0.1) is 18.8 Å². The van der Waals surface area contributed by atoms with Crippen LogP contribution < -0.4 is 5.32 Å². The summed E-state index contributed by atoms with van der Waals surface area (Å²) in [5.74, 6) is 1.15. The molecule has 3 unspecified atom stereocenters. The van der Waals surface area contributed by atoms with E-state index in [1.807, 2.05) is 0 Å². The Balaban J connectivity index is 1.90. The number of nitrogens with one attached hydrogen (secondary N) is 1. The van der Waals surface area contributed by atoms with Gasteiger partial charge in [-0.05, 0) is 44.1 Å². The molecular formula is C15H26N2O. The minimum absolute atomic E-state index is 0.365. The third kappa shape index (κ3) is 3.05. The van der Waals surface area contributed by atoms with Gasteiger partial charge in [0.2, 0.25) is 0 Å². The molecule has 0 amide bonds. The van der Waals surface area contributed by atoms with Gasteiger partial charge in [0.1, 0.15) is 5.54 Å². The highest BCUT2D eigenvalue weighted by molar-refractivity contribution is 5.15. The molecular weight excluding hydrogens is 224 g/mol. The molecule has 2 rings (SSSR count). The van der Waals surface area contributed by atoms with Crippen LogP contribution in [0.3, 0.4) is 0 Å². The third-order valence-corrected chi connectivity index (χ3v) is 4.52. The molecule has 2 aliphatic carbocycles. The number of nitrogens with zero attached hydrogens (tertiary/aromatic N) is 1. The monoisotopic (exact) mass is 250 g/mol. The first-order valence-electron chi connectivity index (χ1n) is 7.49. The smallest absolute Gasteiger partial charge is 0.133 e. The predicted octanol–water partition coefficient (Wildman–Crippen LogP) is 2.86. The van der Waals surface area contributed by atoms with Crippen molar-refractivity contribution >= 4 is 0 Å². The van der Waals surface area contributed by atoms with Gasteiger partial charge < -0.3 is 4.74 Å². The Morgan fingerprint density at radius 3 is 2.56 bits per heavy atom. The van der Waals surface area contributed by atoms with Gasteiger partial charge in [0, 0.05) is 0 Å². The van der Waals surface area contributed by atoms with Crippen LogP contribution in [0.15, 0.2) is 0 Å². The van der Waals surface area contributed by atoms with Crippen molar-refractivity contribution in [3.05, 3.63) is 0 Å². The van der Waals surface area contributed by atoms with Crippen LogP contribution >= 0.6 is 0 Å². The summed E-state index contributed by atoms with van der Waals surface area (Å²) < 4.78 is 6.12. The van der Waals surface area contributed by atoms with Crippen LogP contribution in [0.2, 0.25) is 0 Å². The molecule has 0 aromatic rings. The topological polar surface area (TPSA) is 45.0 Å². The number of rotatable bonds is 6. The lowest BCUT2D eigenvalue weighted by Crippen LogP contribution is -2.51. The summed E-state index contributed by atoms with van der Waals surface area (Å²) in [6, 6.07) is 2.50. The zero-order valence-corrected chi connectivity index (χ0v) is 11.7. The van der Waals surface area contributed by atoms with Crippen LogP contribution in [-0.4, -0.2) is 24.8 Å². The molecule has 0 heterocycles. The molecule has 1 N–H and O–H groups in total. The van der Waals surface area contributed by atoms with E-state index in [0.717, 1.165) is 6.54 Å². The van der Waals surface area contributed by atoms with Crippen molar-refractivity contribution in [3.8, 4) is 6.07 Å². The molecule has 0 aliphatic heterocycles. The van der Waals surface area contributed by atoms with Crippen molar-refractivity contribution in [2.75, 3.05) is 13.2 Å². The summed E-state index contributed by atoms with van der Waals surface area (Å²) >= 11 is 0. The van der Waals surface area contributed by atoms with E-state index in [2.05, 4.69) is 25.2 Å². The molecule has 0 spiro atoms. The number of likely N-dealkylation sites (N-methyl/N-ethyl adjacent to an activating group) is 1. The highest BCUT2D eigenvalue weighted by Gasteiger charge is 2.46. The van der Waals surface area contributed by atoms with Gasteiger partial charge in [-0.25, -0.2) is 0 Å². The molecule has 0 bridgehead atoms. The standard InChI is InChI=1S/C15H26N2O/c1-3-17-15(10-16,13-8-9-13)11-18-14-7-5-4-6-12(14)2/h12-14,17H,3-9,11H2,1-2H3. The van der Waals surface area contributed by atoms with E-state index >= 15 is 0 Å². The van der Waals surface area contributed by atoms with Crippen LogP contribution in [0.4, 0.5) is 0 Å². The molecule has 0 radical (unpaired) electrons. The summed E-state index contributed by atoms with van der Waals surface area (Å²) in [5, 5.41) is 12.9. The second-order valence-electron chi connectivity index (χ2n) is 6.00. The quantitative estimate of drug-likeness (QED) is 0.788. The molecule has 0 aromatic carbocycles. The number of hydrogen-bond donors (Lipinski definition) is 1. The zero-order valence-electron chi connectivity index (χ0n) is 11.7. The number of hydrogen-bond acceptors (Lipinski definition) is 3. The second kappa shape index (κ2) is 6.04. The minimum atomic E-state index is -0.425. The molecule has 2 aliphatic rings. The van der Waals surface area contributed by atoms with Gasteiger partial charge in [0.15, 0.2) is 0 Å². The Morgan fingerprint density at radius 1 is 1.28 bits per heavy atom. The normalized spacial score (nSPS) is 31.6.